The number of ether oxygens (including phenoxy) is 1. The fraction of sp³-hybridized carbons (Fsp3) is 0.600. The first-order valence-corrected chi connectivity index (χ1v) is 8.51. The summed E-state index contributed by atoms with van der Waals surface area (Å²) >= 11 is 0. The summed E-state index contributed by atoms with van der Waals surface area (Å²) in [6.45, 7) is 11.1. The molecule has 0 aromatic heterocycles. The maximum absolute atomic E-state index is 5.99. The van der Waals surface area contributed by atoms with Crippen molar-refractivity contribution in [2.24, 2.45) is 0 Å². The van der Waals surface area contributed by atoms with Crippen molar-refractivity contribution in [2.75, 3.05) is 0 Å². The molecule has 0 amide bonds. The molecule has 0 fully saturated rings. The van der Waals surface area contributed by atoms with E-state index in [9.17, 15) is 0 Å². The second-order valence-electron chi connectivity index (χ2n) is 6.08. The molecule has 0 saturated heterocycles. The molecule has 1 rings (SSSR count). The van der Waals surface area contributed by atoms with Crippen molar-refractivity contribution < 1.29 is 4.74 Å². The number of unbranched alkanes of at least 4 members (excludes halogenated alkanes) is 5. The lowest BCUT2D eigenvalue weighted by Gasteiger charge is -2.14. The second-order valence-corrected chi connectivity index (χ2v) is 6.08. The zero-order chi connectivity index (χ0) is 15.5. The van der Waals surface area contributed by atoms with Gasteiger partial charge >= 0.3 is 0 Å². The third kappa shape index (κ3) is 7.47. The SMILES string of the molecule is C=Cc1cc(C)ccc1COC(C)CCCCCCCC. The molecule has 0 bridgehead atoms. The van der Waals surface area contributed by atoms with Crippen LogP contribution in [0.3, 0.4) is 0 Å². The van der Waals surface area contributed by atoms with E-state index in [1.165, 1.54) is 61.6 Å². The van der Waals surface area contributed by atoms with Crippen LogP contribution in [0.4, 0.5) is 0 Å². The van der Waals surface area contributed by atoms with Gasteiger partial charge in [0.1, 0.15) is 0 Å². The molecule has 0 aliphatic rings. The third-order valence-corrected chi connectivity index (χ3v) is 4.01. The number of benzene rings is 1. The first kappa shape index (κ1) is 18.0. The van der Waals surface area contributed by atoms with E-state index in [4.69, 9.17) is 4.74 Å². The van der Waals surface area contributed by atoms with E-state index in [-0.39, 0.29) is 0 Å². The van der Waals surface area contributed by atoms with Crippen molar-refractivity contribution in [3.05, 3.63) is 41.5 Å². The molecule has 0 aliphatic heterocycles. The van der Waals surface area contributed by atoms with Crippen LogP contribution in [0.5, 0.6) is 0 Å². The molecule has 1 aromatic carbocycles. The number of aryl methyl sites for hydroxylation is 1. The van der Waals surface area contributed by atoms with Crippen LogP contribution in [-0.2, 0) is 11.3 Å². The summed E-state index contributed by atoms with van der Waals surface area (Å²) in [5.74, 6) is 0. The highest BCUT2D eigenvalue weighted by atomic mass is 16.5. The minimum Gasteiger partial charge on any atom is -0.374 e. The van der Waals surface area contributed by atoms with E-state index >= 15 is 0 Å². The Morgan fingerprint density at radius 2 is 1.86 bits per heavy atom. The van der Waals surface area contributed by atoms with Gasteiger partial charge in [0.25, 0.3) is 0 Å². The molecule has 0 spiro atoms. The molecule has 1 nitrogen and oxygen atoms in total. The molecule has 0 aliphatic carbocycles. The quantitative estimate of drug-likeness (QED) is 0.434. The predicted molar refractivity (Wildman–Crippen MR) is 93.5 cm³/mol. The molecule has 0 heterocycles. The van der Waals surface area contributed by atoms with E-state index in [2.05, 4.69) is 45.5 Å². The van der Waals surface area contributed by atoms with E-state index < -0.39 is 0 Å². The molecule has 1 unspecified atom stereocenters. The summed E-state index contributed by atoms with van der Waals surface area (Å²) in [5, 5.41) is 0. The molecule has 0 radical (unpaired) electrons. The van der Waals surface area contributed by atoms with Crippen LogP contribution in [0.2, 0.25) is 0 Å². The average Bonchev–Trinajstić information content (AvgIpc) is 2.49. The van der Waals surface area contributed by atoms with Gasteiger partial charge in [0.15, 0.2) is 0 Å². The van der Waals surface area contributed by atoms with Gasteiger partial charge in [0.2, 0.25) is 0 Å². The minimum absolute atomic E-state index is 0.343. The van der Waals surface area contributed by atoms with E-state index in [1.54, 1.807) is 0 Å². The Kier molecular flexibility index (Phi) is 9.09. The normalized spacial score (nSPS) is 12.3. The van der Waals surface area contributed by atoms with Crippen LogP contribution in [-0.4, -0.2) is 6.10 Å². The van der Waals surface area contributed by atoms with Crippen molar-refractivity contribution in [1.29, 1.82) is 0 Å². The van der Waals surface area contributed by atoms with E-state index in [0.29, 0.717) is 12.7 Å². The Bertz CT molecular complexity index is 408. The Morgan fingerprint density at radius 3 is 2.57 bits per heavy atom. The standard InChI is InChI=1S/C20H32O/c1-5-7-8-9-10-11-12-18(4)21-16-20-14-13-17(3)15-19(20)6-2/h6,13-15,18H,2,5,7-12,16H2,1,3-4H3. The number of hydrogen-bond donors (Lipinski definition) is 0. The van der Waals surface area contributed by atoms with Crippen LogP contribution in [0.25, 0.3) is 6.08 Å². The molecular weight excluding hydrogens is 256 g/mol. The highest BCUT2D eigenvalue weighted by molar-refractivity contribution is 5.52. The second kappa shape index (κ2) is 10.6. The summed E-state index contributed by atoms with van der Waals surface area (Å²) < 4.78 is 5.99. The van der Waals surface area contributed by atoms with Crippen LogP contribution in [0.15, 0.2) is 24.8 Å². The Balaban J connectivity index is 2.23. The predicted octanol–water partition coefficient (Wildman–Crippen LogP) is 6.29. The number of rotatable bonds is 11. The molecule has 1 atom stereocenters. The smallest absolute Gasteiger partial charge is 0.0726 e. The fourth-order valence-corrected chi connectivity index (χ4v) is 2.56. The molecule has 0 N–H and O–H groups in total. The van der Waals surface area contributed by atoms with Crippen molar-refractivity contribution in [2.45, 2.75) is 78.4 Å². The summed E-state index contributed by atoms with van der Waals surface area (Å²) in [6.07, 6.45) is 11.5. The van der Waals surface area contributed by atoms with Gasteiger partial charge in [-0.1, -0.05) is 81.9 Å². The van der Waals surface area contributed by atoms with Gasteiger partial charge in [-0.15, -0.1) is 0 Å². The molecule has 0 saturated carbocycles. The van der Waals surface area contributed by atoms with Crippen molar-refractivity contribution in [3.8, 4) is 0 Å². The van der Waals surface area contributed by atoms with Crippen LogP contribution < -0.4 is 0 Å². The maximum Gasteiger partial charge on any atom is 0.0726 e. The zero-order valence-corrected chi connectivity index (χ0v) is 14.2. The lowest BCUT2D eigenvalue weighted by molar-refractivity contribution is 0.0458. The van der Waals surface area contributed by atoms with Gasteiger partial charge < -0.3 is 4.74 Å². The molecule has 21 heavy (non-hydrogen) atoms. The molecule has 1 heteroatoms. The van der Waals surface area contributed by atoms with Gasteiger partial charge in [0.05, 0.1) is 12.7 Å². The van der Waals surface area contributed by atoms with Crippen molar-refractivity contribution in [3.63, 3.8) is 0 Å². The molecule has 1 aromatic rings. The van der Waals surface area contributed by atoms with Gasteiger partial charge in [0, 0.05) is 0 Å². The van der Waals surface area contributed by atoms with Crippen LogP contribution in [0, 0.1) is 6.92 Å². The lowest BCUT2D eigenvalue weighted by atomic mass is 10.0. The lowest BCUT2D eigenvalue weighted by Crippen LogP contribution is -2.08. The minimum atomic E-state index is 0.343. The Labute approximate surface area is 131 Å². The van der Waals surface area contributed by atoms with Crippen molar-refractivity contribution in [1.82, 2.24) is 0 Å². The first-order valence-electron chi connectivity index (χ1n) is 8.51. The zero-order valence-electron chi connectivity index (χ0n) is 14.2. The summed E-state index contributed by atoms with van der Waals surface area (Å²) in [4.78, 5) is 0. The van der Waals surface area contributed by atoms with Crippen molar-refractivity contribution >= 4 is 6.08 Å². The summed E-state index contributed by atoms with van der Waals surface area (Å²) in [5.41, 5.74) is 3.71. The van der Waals surface area contributed by atoms with Crippen LogP contribution in [0.1, 0.15) is 75.5 Å². The summed E-state index contributed by atoms with van der Waals surface area (Å²) in [6, 6.07) is 6.47. The average molecular weight is 288 g/mol. The topological polar surface area (TPSA) is 9.23 Å². The van der Waals surface area contributed by atoms with E-state index in [0.717, 1.165) is 0 Å². The summed E-state index contributed by atoms with van der Waals surface area (Å²) in [7, 11) is 0. The maximum atomic E-state index is 5.99. The van der Waals surface area contributed by atoms with Gasteiger partial charge in [-0.3, -0.25) is 0 Å². The van der Waals surface area contributed by atoms with Crippen LogP contribution >= 0.6 is 0 Å². The largest absolute Gasteiger partial charge is 0.374 e. The highest BCUT2D eigenvalue weighted by Crippen LogP contribution is 2.16. The third-order valence-electron chi connectivity index (χ3n) is 4.01. The van der Waals surface area contributed by atoms with E-state index in [1.807, 2.05) is 6.08 Å². The van der Waals surface area contributed by atoms with Gasteiger partial charge in [-0.25, -0.2) is 0 Å². The first-order chi connectivity index (χ1) is 10.2. The Hall–Kier alpha value is -1.08. The Morgan fingerprint density at radius 1 is 1.14 bits per heavy atom. The number of hydrogen-bond acceptors (Lipinski definition) is 1. The van der Waals surface area contributed by atoms with Gasteiger partial charge in [-0.05, 0) is 31.4 Å². The fourth-order valence-electron chi connectivity index (χ4n) is 2.56. The van der Waals surface area contributed by atoms with Gasteiger partial charge in [-0.2, -0.15) is 0 Å². The molecular formula is C20H32O. The molecule has 118 valence electrons. The highest BCUT2D eigenvalue weighted by Gasteiger charge is 2.05. The monoisotopic (exact) mass is 288 g/mol.